The number of benzene rings is 1. The van der Waals surface area contributed by atoms with Gasteiger partial charge in [-0.05, 0) is 18.2 Å². The van der Waals surface area contributed by atoms with Crippen LogP contribution in [0.25, 0.3) is 10.9 Å². The lowest BCUT2D eigenvalue weighted by atomic mass is 10.1. The largest absolute Gasteiger partial charge is 0.361 e. The second kappa shape index (κ2) is 3.31. The first-order chi connectivity index (χ1) is 6.74. The monoisotopic (exact) mass is 213 g/mol. The molecule has 14 heavy (non-hydrogen) atoms. The van der Waals surface area contributed by atoms with E-state index in [0.717, 1.165) is 5.39 Å². The van der Waals surface area contributed by atoms with Gasteiger partial charge in [-0.25, -0.2) is 9.18 Å². The van der Waals surface area contributed by atoms with Gasteiger partial charge in [0.25, 0.3) is 0 Å². The van der Waals surface area contributed by atoms with Crippen LogP contribution in [-0.2, 0) is 4.29 Å². The van der Waals surface area contributed by atoms with E-state index in [-0.39, 0.29) is 5.56 Å². The second-order valence-corrected chi connectivity index (χ2v) is 2.88. The predicted octanol–water partition coefficient (Wildman–Crippen LogP) is 2.62. The number of aromatic amines is 1. The normalized spacial score (nSPS) is 10.4. The molecule has 3 nitrogen and oxygen atoms in total. The smallest absolute Gasteiger partial charge is 0.360 e. The predicted molar refractivity (Wildman–Crippen MR) is 49.5 cm³/mol. The number of rotatable bonds is 1. The zero-order valence-electron chi connectivity index (χ0n) is 6.88. The molecule has 0 saturated heterocycles. The first kappa shape index (κ1) is 9.02. The molecule has 0 amide bonds. The zero-order chi connectivity index (χ0) is 10.1. The van der Waals surface area contributed by atoms with Crippen LogP contribution >= 0.6 is 11.9 Å². The van der Waals surface area contributed by atoms with Crippen LogP contribution in [0, 0.1) is 5.82 Å². The van der Waals surface area contributed by atoms with E-state index in [4.69, 9.17) is 11.9 Å². The van der Waals surface area contributed by atoms with Gasteiger partial charge in [-0.3, -0.25) is 0 Å². The molecule has 0 bridgehead atoms. The molecule has 2 aromatic rings. The summed E-state index contributed by atoms with van der Waals surface area (Å²) in [5.41, 5.74) is 0.207. The average molecular weight is 214 g/mol. The molecule has 1 aromatic carbocycles. The Labute approximate surface area is 83.6 Å². The van der Waals surface area contributed by atoms with Crippen molar-refractivity contribution in [2.75, 3.05) is 0 Å². The maximum absolute atomic E-state index is 13.3. The summed E-state index contributed by atoms with van der Waals surface area (Å²) in [6, 6.07) is 4.48. The van der Waals surface area contributed by atoms with Crippen molar-refractivity contribution < 1.29 is 13.5 Å². The van der Waals surface area contributed by atoms with E-state index in [1.165, 1.54) is 6.07 Å². The van der Waals surface area contributed by atoms with Gasteiger partial charge in [-0.15, -0.1) is 0 Å². The van der Waals surface area contributed by atoms with Crippen LogP contribution in [0.15, 0.2) is 24.4 Å². The van der Waals surface area contributed by atoms with E-state index in [1.54, 1.807) is 18.3 Å². The van der Waals surface area contributed by atoms with Crippen LogP contribution in [-0.4, -0.2) is 11.0 Å². The highest BCUT2D eigenvalue weighted by molar-refractivity contribution is 6.17. The first-order valence-electron chi connectivity index (χ1n) is 3.82. The summed E-state index contributed by atoms with van der Waals surface area (Å²) < 4.78 is 17.2. The highest BCUT2D eigenvalue weighted by Crippen LogP contribution is 2.21. The molecule has 0 spiro atoms. The number of nitrogens with one attached hydrogen (secondary N) is 1. The van der Waals surface area contributed by atoms with E-state index in [9.17, 15) is 9.18 Å². The van der Waals surface area contributed by atoms with Crippen molar-refractivity contribution in [1.82, 2.24) is 4.98 Å². The summed E-state index contributed by atoms with van der Waals surface area (Å²) in [5.74, 6) is -1.57. The molecular formula is C9H5ClFNO2. The molecule has 0 aliphatic rings. The average Bonchev–Trinajstić information content (AvgIpc) is 2.64. The topological polar surface area (TPSA) is 42.1 Å². The van der Waals surface area contributed by atoms with Crippen LogP contribution in [0.2, 0.25) is 0 Å². The highest BCUT2D eigenvalue weighted by Gasteiger charge is 2.17. The van der Waals surface area contributed by atoms with Gasteiger partial charge in [-0.1, -0.05) is 0 Å². The fourth-order valence-electron chi connectivity index (χ4n) is 1.34. The van der Waals surface area contributed by atoms with Gasteiger partial charge in [0.2, 0.25) is 0 Å². The van der Waals surface area contributed by atoms with Gasteiger partial charge in [0, 0.05) is 11.6 Å². The molecule has 72 valence electrons. The van der Waals surface area contributed by atoms with Gasteiger partial charge in [0.05, 0.1) is 5.52 Å². The van der Waals surface area contributed by atoms with Gasteiger partial charge in [-0.2, -0.15) is 0 Å². The number of fused-ring (bicyclic) bond motifs is 1. The van der Waals surface area contributed by atoms with Gasteiger partial charge in [0.15, 0.2) is 0 Å². The van der Waals surface area contributed by atoms with E-state index < -0.39 is 11.8 Å². The minimum absolute atomic E-state index is 0.178. The van der Waals surface area contributed by atoms with Crippen LogP contribution in [0.4, 0.5) is 4.39 Å². The molecule has 2 rings (SSSR count). The Morgan fingerprint density at radius 2 is 2.21 bits per heavy atom. The van der Waals surface area contributed by atoms with E-state index >= 15 is 0 Å². The number of carbonyl (C=O) groups is 1. The third kappa shape index (κ3) is 1.24. The van der Waals surface area contributed by atoms with Crippen molar-refractivity contribution in [3.63, 3.8) is 0 Å². The summed E-state index contributed by atoms with van der Waals surface area (Å²) in [6.07, 6.45) is 1.61. The summed E-state index contributed by atoms with van der Waals surface area (Å²) in [5, 5.41) is 0.725. The van der Waals surface area contributed by atoms with Crippen LogP contribution in [0.3, 0.4) is 0 Å². The SMILES string of the molecule is O=C(OCl)c1c(F)ccc2cc[nH]c12. The lowest BCUT2D eigenvalue weighted by molar-refractivity contribution is 0.0748. The molecule has 0 radical (unpaired) electrons. The summed E-state index contributed by atoms with van der Waals surface area (Å²) in [4.78, 5) is 13.9. The molecule has 0 aliphatic heterocycles. The van der Waals surface area contributed by atoms with Crippen molar-refractivity contribution >= 4 is 28.7 Å². The molecule has 1 N–H and O–H groups in total. The van der Waals surface area contributed by atoms with E-state index in [2.05, 4.69) is 9.27 Å². The Morgan fingerprint density at radius 3 is 2.93 bits per heavy atom. The Kier molecular flexibility index (Phi) is 2.13. The molecule has 0 aliphatic carbocycles. The summed E-state index contributed by atoms with van der Waals surface area (Å²) in [7, 11) is 0. The third-order valence-electron chi connectivity index (χ3n) is 1.95. The molecule has 1 heterocycles. The Morgan fingerprint density at radius 1 is 1.43 bits per heavy atom. The summed E-state index contributed by atoms with van der Waals surface area (Å²) >= 11 is 4.90. The molecular weight excluding hydrogens is 209 g/mol. The van der Waals surface area contributed by atoms with Gasteiger partial charge >= 0.3 is 5.97 Å². The lowest BCUT2D eigenvalue weighted by Gasteiger charge is -2.00. The van der Waals surface area contributed by atoms with Crippen molar-refractivity contribution in [1.29, 1.82) is 0 Å². The van der Waals surface area contributed by atoms with E-state index in [0.29, 0.717) is 5.52 Å². The molecule has 0 atom stereocenters. The standard InChI is InChI=1S/C9H5ClFNO2/c10-14-9(13)7-6(11)2-1-5-3-4-12-8(5)7/h1-4,12H. The molecule has 5 heteroatoms. The van der Waals surface area contributed by atoms with Crippen LogP contribution in [0.1, 0.15) is 10.4 Å². The highest BCUT2D eigenvalue weighted by atomic mass is 35.5. The van der Waals surface area contributed by atoms with Crippen LogP contribution in [0.5, 0.6) is 0 Å². The number of H-pyrrole nitrogens is 1. The summed E-state index contributed by atoms with van der Waals surface area (Å²) in [6.45, 7) is 0. The minimum atomic E-state index is -0.905. The number of hydrogen-bond donors (Lipinski definition) is 1. The fraction of sp³-hybridized carbons (Fsp3) is 0. The van der Waals surface area contributed by atoms with Crippen LogP contribution < -0.4 is 0 Å². The number of hydrogen-bond acceptors (Lipinski definition) is 2. The fourth-order valence-corrected chi connectivity index (χ4v) is 1.42. The molecule has 0 saturated carbocycles. The van der Waals surface area contributed by atoms with Gasteiger partial charge < -0.3 is 9.27 Å². The van der Waals surface area contributed by atoms with Crippen molar-refractivity contribution in [2.24, 2.45) is 0 Å². The second-order valence-electron chi connectivity index (χ2n) is 2.73. The number of halogens is 2. The van der Waals surface area contributed by atoms with Crippen molar-refractivity contribution in [2.45, 2.75) is 0 Å². The minimum Gasteiger partial charge on any atom is -0.360 e. The Balaban J connectivity index is 2.76. The first-order valence-corrected chi connectivity index (χ1v) is 4.13. The number of aromatic nitrogens is 1. The Hall–Kier alpha value is -1.55. The third-order valence-corrected chi connectivity index (χ3v) is 2.09. The maximum atomic E-state index is 13.3. The quantitative estimate of drug-likeness (QED) is 0.791. The lowest BCUT2D eigenvalue weighted by Crippen LogP contribution is -2.02. The molecule has 0 unspecified atom stereocenters. The molecule has 1 aromatic heterocycles. The van der Waals surface area contributed by atoms with Crippen molar-refractivity contribution in [3.8, 4) is 0 Å². The van der Waals surface area contributed by atoms with E-state index in [1.807, 2.05) is 0 Å². The van der Waals surface area contributed by atoms with Crippen molar-refractivity contribution in [3.05, 3.63) is 35.8 Å². The zero-order valence-corrected chi connectivity index (χ0v) is 7.64. The van der Waals surface area contributed by atoms with Gasteiger partial charge in [0.1, 0.15) is 23.2 Å². The Bertz CT molecular complexity index is 495. The molecule has 0 fully saturated rings. The number of carbonyl (C=O) groups excluding carboxylic acids is 1. The maximum Gasteiger partial charge on any atom is 0.361 e.